The molecule has 0 N–H and O–H groups in total. The number of likely N-dealkylation sites (tertiary alicyclic amines) is 1. The van der Waals surface area contributed by atoms with Crippen LogP contribution in [0.2, 0.25) is 0 Å². The molecule has 0 saturated carbocycles. The molecule has 1 atom stereocenters. The Morgan fingerprint density at radius 3 is 2.45 bits per heavy atom. The van der Waals surface area contributed by atoms with Crippen molar-refractivity contribution in [2.24, 2.45) is 0 Å². The van der Waals surface area contributed by atoms with Crippen LogP contribution in [-0.4, -0.2) is 77.1 Å². The van der Waals surface area contributed by atoms with Crippen LogP contribution in [0.5, 0.6) is 0 Å². The van der Waals surface area contributed by atoms with Gasteiger partial charge in [0.05, 0.1) is 17.8 Å². The van der Waals surface area contributed by atoms with E-state index in [0.29, 0.717) is 38.8 Å². The van der Waals surface area contributed by atoms with E-state index >= 15 is 0 Å². The van der Waals surface area contributed by atoms with Gasteiger partial charge in [0.25, 0.3) is 0 Å². The van der Waals surface area contributed by atoms with E-state index in [0.717, 1.165) is 48.6 Å². The van der Waals surface area contributed by atoms with Gasteiger partial charge in [-0.1, -0.05) is 26.0 Å². The summed E-state index contributed by atoms with van der Waals surface area (Å²) in [6.45, 7) is 12.4. The van der Waals surface area contributed by atoms with Crippen molar-refractivity contribution in [3.63, 3.8) is 0 Å². The maximum absolute atomic E-state index is 13.7. The van der Waals surface area contributed by atoms with Gasteiger partial charge in [-0.3, -0.25) is 4.90 Å². The lowest BCUT2D eigenvalue weighted by Gasteiger charge is -2.38. The molecular formula is C32H40F3N7. The number of benzene rings is 1. The summed E-state index contributed by atoms with van der Waals surface area (Å²) in [5.41, 5.74) is 4.06. The Hall–Kier alpha value is -3.24. The molecule has 0 amide bonds. The molecule has 42 heavy (non-hydrogen) atoms. The first-order valence-electron chi connectivity index (χ1n) is 14.9. The first-order chi connectivity index (χ1) is 20.0. The van der Waals surface area contributed by atoms with Crippen LogP contribution in [0.1, 0.15) is 56.1 Å². The lowest BCUT2D eigenvalue weighted by atomic mass is 9.78. The summed E-state index contributed by atoms with van der Waals surface area (Å²) in [5.74, 6) is 1.62. The number of alkyl halides is 3. The molecular weight excluding hydrogens is 539 g/mol. The molecule has 0 bridgehead atoms. The molecule has 6 rings (SSSR count). The fraction of sp³-hybridized carbons (Fsp3) is 0.531. The zero-order valence-electron chi connectivity index (χ0n) is 25.0. The summed E-state index contributed by atoms with van der Waals surface area (Å²) < 4.78 is 41.0. The van der Waals surface area contributed by atoms with E-state index in [1.165, 1.54) is 36.2 Å². The third-order valence-corrected chi connectivity index (χ3v) is 9.02. The summed E-state index contributed by atoms with van der Waals surface area (Å²) in [6, 6.07) is 11.7. The van der Waals surface area contributed by atoms with Gasteiger partial charge in [-0.05, 0) is 62.7 Å². The van der Waals surface area contributed by atoms with Gasteiger partial charge in [0.2, 0.25) is 0 Å². The molecule has 3 aliphatic rings. The van der Waals surface area contributed by atoms with Crippen LogP contribution < -0.4 is 9.80 Å². The minimum absolute atomic E-state index is 0.00121. The Bertz CT molecular complexity index is 1430. The highest BCUT2D eigenvalue weighted by Crippen LogP contribution is 2.37. The van der Waals surface area contributed by atoms with Crippen LogP contribution in [0, 0.1) is 0 Å². The molecule has 7 nitrogen and oxygen atoms in total. The minimum Gasteiger partial charge on any atom is -0.353 e. The number of rotatable bonds is 5. The molecule has 10 heteroatoms. The van der Waals surface area contributed by atoms with Crippen LogP contribution in [0.3, 0.4) is 0 Å². The van der Waals surface area contributed by atoms with E-state index < -0.39 is 11.7 Å². The lowest BCUT2D eigenvalue weighted by molar-refractivity contribution is -0.137. The van der Waals surface area contributed by atoms with Crippen molar-refractivity contribution in [3.8, 4) is 11.3 Å². The summed E-state index contributed by atoms with van der Waals surface area (Å²) in [7, 11) is 2.16. The number of nitrogens with zero attached hydrogens (tertiary/aromatic N) is 7. The lowest BCUT2D eigenvalue weighted by Crippen LogP contribution is -2.47. The van der Waals surface area contributed by atoms with Gasteiger partial charge in [0, 0.05) is 68.6 Å². The first kappa shape index (κ1) is 28.9. The van der Waals surface area contributed by atoms with Crippen LogP contribution in [0.4, 0.5) is 24.8 Å². The standard InChI is InChI=1S/C32H40F3N7/c1-22-7-6-12-42(22)20-28-37-27(23-9-10-25-24(17-23)19-39(4)21-31(25,2)3)18-29(38-28)40-13-15-41(16-14-40)30-26(32(33,34)35)8-5-11-36-30/h5,8-11,17-18,22H,6-7,12-16,19-21H2,1-4H3. The van der Waals surface area contributed by atoms with Gasteiger partial charge in [-0.25, -0.2) is 15.0 Å². The fourth-order valence-electron chi connectivity index (χ4n) is 6.94. The second-order valence-corrected chi connectivity index (χ2v) is 12.8. The number of fused-ring (bicyclic) bond motifs is 1. The highest BCUT2D eigenvalue weighted by molar-refractivity contribution is 5.65. The summed E-state index contributed by atoms with van der Waals surface area (Å²) in [4.78, 5) is 22.9. The monoisotopic (exact) mass is 579 g/mol. The van der Waals surface area contributed by atoms with Gasteiger partial charge in [-0.2, -0.15) is 13.2 Å². The second kappa shape index (κ2) is 11.1. The summed E-state index contributed by atoms with van der Waals surface area (Å²) in [5, 5.41) is 0. The molecule has 0 spiro atoms. The number of pyridine rings is 1. The van der Waals surface area contributed by atoms with Crippen LogP contribution in [-0.2, 0) is 24.7 Å². The molecule has 2 aromatic heterocycles. The Balaban J connectivity index is 1.30. The van der Waals surface area contributed by atoms with E-state index in [1.54, 1.807) is 4.90 Å². The molecule has 3 aromatic rings. The maximum atomic E-state index is 13.7. The van der Waals surface area contributed by atoms with Crippen molar-refractivity contribution in [1.82, 2.24) is 24.8 Å². The summed E-state index contributed by atoms with van der Waals surface area (Å²) >= 11 is 0. The predicted octanol–water partition coefficient (Wildman–Crippen LogP) is 5.59. The fourth-order valence-corrected chi connectivity index (χ4v) is 6.94. The molecule has 0 aliphatic carbocycles. The molecule has 1 unspecified atom stereocenters. The average molecular weight is 580 g/mol. The molecule has 2 fully saturated rings. The quantitative estimate of drug-likeness (QED) is 0.391. The SMILES string of the molecule is CC1CCCN1Cc1nc(-c2ccc3c(c2)CN(C)CC3(C)C)cc(N2CCN(c3ncccc3C(F)(F)F)CC2)n1. The van der Waals surface area contributed by atoms with Crippen molar-refractivity contribution < 1.29 is 13.2 Å². The van der Waals surface area contributed by atoms with E-state index in [-0.39, 0.29) is 11.2 Å². The van der Waals surface area contributed by atoms with E-state index in [2.05, 4.69) is 65.7 Å². The molecule has 1 aromatic carbocycles. The molecule has 5 heterocycles. The van der Waals surface area contributed by atoms with E-state index in [1.807, 2.05) is 6.07 Å². The third kappa shape index (κ3) is 5.83. The van der Waals surface area contributed by atoms with E-state index in [9.17, 15) is 13.2 Å². The third-order valence-electron chi connectivity index (χ3n) is 9.02. The Morgan fingerprint density at radius 1 is 0.976 bits per heavy atom. The van der Waals surface area contributed by atoms with Gasteiger partial charge < -0.3 is 14.7 Å². The van der Waals surface area contributed by atoms with Crippen molar-refractivity contribution >= 4 is 11.6 Å². The van der Waals surface area contributed by atoms with Crippen molar-refractivity contribution in [3.05, 3.63) is 65.1 Å². The van der Waals surface area contributed by atoms with Crippen molar-refractivity contribution in [1.29, 1.82) is 0 Å². The number of piperazine rings is 1. The van der Waals surface area contributed by atoms with E-state index in [4.69, 9.17) is 9.97 Å². The van der Waals surface area contributed by atoms with Crippen LogP contribution in [0.15, 0.2) is 42.6 Å². The van der Waals surface area contributed by atoms with Gasteiger partial charge in [0.1, 0.15) is 17.5 Å². The number of likely N-dealkylation sites (N-methyl/N-ethyl adjacent to an activating group) is 1. The Morgan fingerprint density at radius 2 is 1.74 bits per heavy atom. The highest BCUT2D eigenvalue weighted by Gasteiger charge is 2.36. The number of halogens is 3. The number of anilines is 2. The molecule has 224 valence electrons. The molecule has 2 saturated heterocycles. The smallest absolute Gasteiger partial charge is 0.353 e. The number of aromatic nitrogens is 3. The van der Waals surface area contributed by atoms with Gasteiger partial charge in [0.15, 0.2) is 0 Å². The van der Waals surface area contributed by atoms with Gasteiger partial charge in [-0.15, -0.1) is 0 Å². The van der Waals surface area contributed by atoms with Crippen LogP contribution >= 0.6 is 0 Å². The topological polar surface area (TPSA) is 51.6 Å². The zero-order valence-corrected chi connectivity index (χ0v) is 25.0. The first-order valence-corrected chi connectivity index (χ1v) is 14.9. The molecule has 3 aliphatic heterocycles. The maximum Gasteiger partial charge on any atom is 0.419 e. The summed E-state index contributed by atoms with van der Waals surface area (Å²) in [6.07, 6.45) is -0.660. The largest absolute Gasteiger partial charge is 0.419 e. The Labute approximate surface area is 246 Å². The van der Waals surface area contributed by atoms with Crippen molar-refractivity contribution in [2.45, 2.75) is 64.3 Å². The van der Waals surface area contributed by atoms with Crippen LogP contribution in [0.25, 0.3) is 11.3 Å². The second-order valence-electron chi connectivity index (χ2n) is 12.8. The zero-order chi connectivity index (χ0) is 29.6. The molecule has 0 radical (unpaired) electrons. The normalized spacial score (nSPS) is 21.5. The Kier molecular flexibility index (Phi) is 7.64. The average Bonchev–Trinajstić information content (AvgIpc) is 3.35. The highest BCUT2D eigenvalue weighted by atomic mass is 19.4. The number of hydrogen-bond donors (Lipinski definition) is 0. The minimum atomic E-state index is -4.44. The predicted molar refractivity (Wildman–Crippen MR) is 160 cm³/mol. The van der Waals surface area contributed by atoms with Crippen molar-refractivity contribution in [2.75, 3.05) is 56.1 Å². The van der Waals surface area contributed by atoms with Gasteiger partial charge >= 0.3 is 6.18 Å². The number of hydrogen-bond acceptors (Lipinski definition) is 7.